The third kappa shape index (κ3) is 4.80. The average molecular weight is 596 g/mol. The Balaban J connectivity index is 1.56. The van der Waals surface area contributed by atoms with Crippen molar-refractivity contribution in [2.45, 2.75) is 17.9 Å². The maximum atomic E-state index is 15.7. The molecule has 38 heavy (non-hydrogen) atoms. The van der Waals surface area contributed by atoms with Gasteiger partial charge in [-0.3, -0.25) is 0 Å². The molecular weight excluding hydrogens is 568 g/mol. The van der Waals surface area contributed by atoms with Crippen LogP contribution in [0, 0.1) is 0 Å². The van der Waals surface area contributed by atoms with Gasteiger partial charge in [0.2, 0.25) is 0 Å². The van der Waals surface area contributed by atoms with Crippen LogP contribution in [0.1, 0.15) is 17.6 Å². The zero-order valence-electron chi connectivity index (χ0n) is 20.8. The number of rotatable bonds is 6. The Labute approximate surface area is 234 Å². The van der Waals surface area contributed by atoms with Gasteiger partial charge >= 0.3 is 0 Å². The molecule has 0 radical (unpaired) electrons. The summed E-state index contributed by atoms with van der Waals surface area (Å²) >= 11 is 3.70. The molecule has 0 spiro atoms. The van der Waals surface area contributed by atoms with Crippen LogP contribution < -0.4 is 26.5 Å². The van der Waals surface area contributed by atoms with E-state index in [2.05, 4.69) is 100 Å². The Hall–Kier alpha value is -2.96. The fourth-order valence-corrected chi connectivity index (χ4v) is 12.1. The summed E-state index contributed by atoms with van der Waals surface area (Å²) in [5, 5.41) is 8.37. The molecule has 5 aromatic rings. The minimum Gasteiger partial charge on any atom is -0.378 e. The number of halogens is 1. The molecule has 0 aromatic heterocycles. The molecule has 0 fully saturated rings. The third-order valence-corrected chi connectivity index (χ3v) is 13.9. The first-order valence-electron chi connectivity index (χ1n) is 12.8. The molecule has 0 bridgehead atoms. The first-order chi connectivity index (χ1) is 18.6. The lowest BCUT2D eigenvalue weighted by atomic mass is 10.0. The molecular formula is C33H28BrNOP2. The number of fused-ring (bicyclic) bond motifs is 1. The summed E-state index contributed by atoms with van der Waals surface area (Å²) in [7, 11) is -3.82. The van der Waals surface area contributed by atoms with E-state index in [9.17, 15) is 0 Å². The maximum Gasteiger partial charge on any atom is 0.150 e. The van der Waals surface area contributed by atoms with Crippen molar-refractivity contribution in [3.63, 3.8) is 0 Å². The van der Waals surface area contributed by atoms with Gasteiger partial charge in [0.05, 0.1) is 5.78 Å². The number of nitrogens with one attached hydrogen (secondary N) is 1. The molecule has 1 aliphatic heterocycles. The van der Waals surface area contributed by atoms with Crippen molar-refractivity contribution < 1.29 is 4.57 Å². The number of hydrogen-bond donors (Lipinski definition) is 1. The highest BCUT2D eigenvalue weighted by molar-refractivity contribution is 9.10. The van der Waals surface area contributed by atoms with Gasteiger partial charge in [0.15, 0.2) is 7.14 Å². The number of hydrogen-bond acceptors (Lipinski definition) is 2. The maximum absolute atomic E-state index is 15.7. The largest absolute Gasteiger partial charge is 0.378 e. The Kier molecular flexibility index (Phi) is 7.35. The molecule has 5 heteroatoms. The van der Waals surface area contributed by atoms with Crippen LogP contribution in [0.25, 0.3) is 0 Å². The van der Waals surface area contributed by atoms with Crippen LogP contribution in [-0.4, -0.2) is 5.78 Å². The fraction of sp³-hybridized carbons (Fsp3) is 0.0909. The molecule has 2 atom stereocenters. The lowest BCUT2D eigenvalue weighted by Gasteiger charge is -2.41. The van der Waals surface area contributed by atoms with Crippen LogP contribution in [0.15, 0.2) is 144 Å². The topological polar surface area (TPSA) is 29.1 Å². The highest BCUT2D eigenvalue weighted by atomic mass is 79.9. The van der Waals surface area contributed by atoms with Gasteiger partial charge in [-0.05, 0) is 48.7 Å². The van der Waals surface area contributed by atoms with Crippen molar-refractivity contribution in [3.8, 4) is 0 Å². The Morgan fingerprint density at radius 3 is 1.63 bits per heavy atom. The van der Waals surface area contributed by atoms with Crippen LogP contribution in [0.4, 0.5) is 5.69 Å². The second kappa shape index (κ2) is 11.0. The third-order valence-electron chi connectivity index (χ3n) is 7.24. The van der Waals surface area contributed by atoms with Gasteiger partial charge in [0.1, 0.15) is 0 Å². The van der Waals surface area contributed by atoms with E-state index in [0.29, 0.717) is 0 Å². The zero-order valence-corrected chi connectivity index (χ0v) is 24.2. The van der Waals surface area contributed by atoms with Crippen molar-refractivity contribution in [2.75, 3.05) is 5.32 Å². The SMILES string of the molecule is O=P(c1ccccc1)(c1ccccc1)C1C[C@@H](P(c2ccccc2)c2ccccc2)Nc2ccc(Br)cc21. The smallest absolute Gasteiger partial charge is 0.150 e. The summed E-state index contributed by atoms with van der Waals surface area (Å²) in [6, 6.07) is 48.2. The van der Waals surface area contributed by atoms with Crippen LogP contribution in [0.3, 0.4) is 0 Å². The van der Waals surface area contributed by atoms with Crippen LogP contribution in [0.5, 0.6) is 0 Å². The summed E-state index contributed by atoms with van der Waals surface area (Å²) in [6.07, 6.45) is 0.764. The van der Waals surface area contributed by atoms with Crippen LogP contribution in [-0.2, 0) is 4.57 Å². The molecule has 1 heterocycles. The van der Waals surface area contributed by atoms with E-state index in [1.54, 1.807) is 0 Å². The first kappa shape index (κ1) is 25.3. The molecule has 0 saturated heterocycles. The molecule has 0 aliphatic carbocycles. The summed E-state index contributed by atoms with van der Waals surface area (Å²) in [5.74, 6) is 0.120. The van der Waals surface area contributed by atoms with Crippen LogP contribution in [0.2, 0.25) is 0 Å². The number of benzene rings is 5. The summed E-state index contributed by atoms with van der Waals surface area (Å²) < 4.78 is 16.7. The molecule has 0 amide bonds. The molecule has 5 aromatic carbocycles. The van der Waals surface area contributed by atoms with E-state index in [-0.39, 0.29) is 11.4 Å². The second-order valence-electron chi connectivity index (χ2n) is 9.51. The Bertz CT molecular complexity index is 1480. The lowest BCUT2D eigenvalue weighted by molar-refractivity contribution is 0.572. The van der Waals surface area contributed by atoms with Gasteiger partial charge in [0, 0.05) is 26.4 Å². The first-order valence-corrected chi connectivity index (χ1v) is 16.8. The average Bonchev–Trinajstić information content (AvgIpc) is 2.99. The standard InChI is InChI=1S/C33H28BrNOP2/c34-25-21-22-31-30(23-25)32(38(36,28-17-9-3-10-18-28)29-19-11-4-12-20-29)24-33(35-31)37(26-13-5-1-6-14-26)27-15-7-2-8-16-27/h1-23,32-33,35H,24H2/t32?,33-/m1/s1. The number of anilines is 1. The zero-order chi connectivity index (χ0) is 26.0. The van der Waals surface area contributed by atoms with Crippen molar-refractivity contribution in [2.24, 2.45) is 0 Å². The van der Waals surface area contributed by atoms with Gasteiger partial charge in [-0.25, -0.2) is 0 Å². The summed E-state index contributed by atoms with van der Waals surface area (Å²) in [5.41, 5.74) is 2.02. The molecule has 188 valence electrons. The lowest BCUT2D eigenvalue weighted by Crippen LogP contribution is -2.35. The Morgan fingerprint density at radius 1 is 0.658 bits per heavy atom. The van der Waals surface area contributed by atoms with Crippen molar-refractivity contribution in [1.29, 1.82) is 0 Å². The highest BCUT2D eigenvalue weighted by Gasteiger charge is 2.44. The Morgan fingerprint density at radius 2 is 1.13 bits per heavy atom. The monoisotopic (exact) mass is 595 g/mol. The van der Waals surface area contributed by atoms with Gasteiger partial charge in [-0.15, -0.1) is 0 Å². The predicted octanol–water partition coefficient (Wildman–Crippen LogP) is 7.78. The summed E-state index contributed by atoms with van der Waals surface area (Å²) in [6.45, 7) is 0. The van der Waals surface area contributed by atoms with E-state index in [1.165, 1.54) is 10.6 Å². The van der Waals surface area contributed by atoms with E-state index in [4.69, 9.17) is 0 Å². The van der Waals surface area contributed by atoms with Crippen LogP contribution >= 0.6 is 31.0 Å². The van der Waals surface area contributed by atoms with Gasteiger partial charge in [0.25, 0.3) is 0 Å². The minimum atomic E-state index is -3.06. The fourth-order valence-electron chi connectivity index (χ4n) is 5.53. The van der Waals surface area contributed by atoms with Gasteiger partial charge in [-0.1, -0.05) is 137 Å². The summed E-state index contributed by atoms with van der Waals surface area (Å²) in [4.78, 5) is 0. The molecule has 2 nitrogen and oxygen atoms in total. The quantitative estimate of drug-likeness (QED) is 0.203. The van der Waals surface area contributed by atoms with E-state index in [1.807, 2.05) is 60.7 Å². The highest BCUT2D eigenvalue weighted by Crippen LogP contribution is 2.64. The molecule has 0 saturated carbocycles. The van der Waals surface area contributed by atoms with E-state index < -0.39 is 15.1 Å². The van der Waals surface area contributed by atoms with E-state index >= 15 is 4.57 Å². The normalized spacial score (nSPS) is 17.0. The molecule has 6 rings (SSSR count). The van der Waals surface area contributed by atoms with Crippen molar-refractivity contribution >= 4 is 57.9 Å². The van der Waals surface area contributed by atoms with Gasteiger partial charge < -0.3 is 9.88 Å². The molecule has 1 unspecified atom stereocenters. The minimum absolute atomic E-state index is 0.120. The molecule has 1 N–H and O–H groups in total. The van der Waals surface area contributed by atoms with Crippen molar-refractivity contribution in [1.82, 2.24) is 0 Å². The molecule has 1 aliphatic rings. The second-order valence-corrected chi connectivity index (χ2v) is 15.8. The predicted molar refractivity (Wildman–Crippen MR) is 168 cm³/mol. The van der Waals surface area contributed by atoms with Crippen molar-refractivity contribution in [3.05, 3.63) is 150 Å². The van der Waals surface area contributed by atoms with Gasteiger partial charge in [-0.2, -0.15) is 0 Å². The van der Waals surface area contributed by atoms with E-state index in [0.717, 1.165) is 32.8 Å².